The fourth-order valence-electron chi connectivity index (χ4n) is 9.71. The van der Waals surface area contributed by atoms with E-state index >= 15 is 0 Å². The van der Waals surface area contributed by atoms with E-state index in [0.717, 1.165) is 38.7 Å². The average molecular weight is 419 g/mol. The van der Waals surface area contributed by atoms with E-state index in [2.05, 4.69) is 20.8 Å². The molecular formula is C26H42O4. The van der Waals surface area contributed by atoms with Crippen molar-refractivity contribution in [1.82, 2.24) is 0 Å². The maximum atomic E-state index is 11.7. The molecule has 6 aliphatic rings. The van der Waals surface area contributed by atoms with Crippen LogP contribution in [-0.4, -0.2) is 40.9 Å². The molecule has 4 heteroatoms. The Morgan fingerprint density at radius 1 is 0.867 bits per heavy atom. The second-order valence-corrected chi connectivity index (χ2v) is 12.8. The van der Waals surface area contributed by atoms with Crippen LogP contribution in [0, 0.1) is 46.3 Å². The molecule has 2 heterocycles. The predicted molar refractivity (Wildman–Crippen MR) is 115 cm³/mol. The van der Waals surface area contributed by atoms with Crippen LogP contribution in [0.5, 0.6) is 0 Å². The fraction of sp³-hybridized carbons (Fsp3) is 1.00. The van der Waals surface area contributed by atoms with Gasteiger partial charge in [0.15, 0.2) is 5.79 Å². The van der Waals surface area contributed by atoms with Gasteiger partial charge in [0.1, 0.15) is 0 Å². The summed E-state index contributed by atoms with van der Waals surface area (Å²) in [4.78, 5) is 0. The van der Waals surface area contributed by atoms with Gasteiger partial charge in [-0.05, 0) is 97.7 Å². The van der Waals surface area contributed by atoms with Crippen molar-refractivity contribution in [3.8, 4) is 0 Å². The zero-order chi connectivity index (χ0) is 20.9. The van der Waals surface area contributed by atoms with Crippen LogP contribution in [0.25, 0.3) is 0 Å². The van der Waals surface area contributed by atoms with Gasteiger partial charge in [0.2, 0.25) is 0 Å². The summed E-state index contributed by atoms with van der Waals surface area (Å²) in [6, 6.07) is 0. The second kappa shape index (κ2) is 6.68. The van der Waals surface area contributed by atoms with Crippen molar-refractivity contribution in [3.05, 3.63) is 0 Å². The largest absolute Gasteiger partial charge is 0.393 e. The summed E-state index contributed by atoms with van der Waals surface area (Å²) in [6.07, 6.45) is 10.8. The minimum atomic E-state index is -0.420. The summed E-state index contributed by atoms with van der Waals surface area (Å²) in [5.74, 6) is 3.00. The van der Waals surface area contributed by atoms with Crippen LogP contribution < -0.4 is 0 Å². The highest BCUT2D eigenvalue weighted by molar-refractivity contribution is 5.17. The quantitative estimate of drug-likeness (QED) is 0.607. The normalized spacial score (nSPS) is 62.5. The third-order valence-corrected chi connectivity index (χ3v) is 11.4. The number of hydrogen-bond donors (Lipinski definition) is 2. The van der Waals surface area contributed by atoms with Crippen molar-refractivity contribution >= 4 is 0 Å². The van der Waals surface area contributed by atoms with Gasteiger partial charge >= 0.3 is 0 Å². The Balaban J connectivity index is 1.27. The van der Waals surface area contributed by atoms with Crippen molar-refractivity contribution in [2.75, 3.05) is 6.61 Å². The first kappa shape index (κ1) is 20.4. The molecule has 1 spiro atoms. The van der Waals surface area contributed by atoms with E-state index in [9.17, 15) is 10.2 Å². The lowest BCUT2D eigenvalue weighted by Crippen LogP contribution is -2.56. The van der Waals surface area contributed by atoms with Crippen LogP contribution in [0.4, 0.5) is 0 Å². The van der Waals surface area contributed by atoms with Crippen LogP contribution in [-0.2, 0) is 9.47 Å². The number of aliphatic hydroxyl groups is 2. The second-order valence-electron chi connectivity index (χ2n) is 12.8. The molecule has 0 bridgehead atoms. The van der Waals surface area contributed by atoms with Crippen molar-refractivity contribution in [2.45, 2.75) is 109 Å². The molecule has 4 nitrogen and oxygen atoms in total. The van der Waals surface area contributed by atoms with Crippen LogP contribution >= 0.6 is 0 Å². The van der Waals surface area contributed by atoms with Crippen LogP contribution in [0.3, 0.4) is 0 Å². The van der Waals surface area contributed by atoms with Gasteiger partial charge in [0.05, 0.1) is 24.9 Å². The van der Waals surface area contributed by atoms with E-state index in [4.69, 9.17) is 9.47 Å². The molecule has 4 aliphatic carbocycles. The van der Waals surface area contributed by atoms with E-state index in [0.29, 0.717) is 40.9 Å². The molecule has 12 unspecified atom stereocenters. The van der Waals surface area contributed by atoms with Gasteiger partial charge in [0, 0.05) is 12.8 Å². The monoisotopic (exact) mass is 418 g/mol. The van der Waals surface area contributed by atoms with E-state index in [-0.39, 0.29) is 23.7 Å². The van der Waals surface area contributed by atoms with Crippen LogP contribution in [0.2, 0.25) is 0 Å². The molecule has 2 saturated heterocycles. The number of hydrogen-bond acceptors (Lipinski definition) is 4. The molecule has 170 valence electrons. The Hall–Kier alpha value is -0.160. The topological polar surface area (TPSA) is 58.9 Å². The van der Waals surface area contributed by atoms with E-state index < -0.39 is 5.79 Å². The molecule has 2 N–H and O–H groups in total. The summed E-state index contributed by atoms with van der Waals surface area (Å²) in [6.45, 7) is 8.06. The Morgan fingerprint density at radius 3 is 2.43 bits per heavy atom. The summed E-state index contributed by atoms with van der Waals surface area (Å²) in [7, 11) is 0. The molecule has 12 atom stereocenters. The Bertz CT molecular complexity index is 687. The van der Waals surface area contributed by atoms with E-state index in [1.807, 2.05) is 0 Å². The zero-order valence-corrected chi connectivity index (χ0v) is 19.2. The average Bonchev–Trinajstić information content (AvgIpc) is 3.19. The smallest absolute Gasteiger partial charge is 0.169 e. The highest BCUT2D eigenvalue weighted by atomic mass is 16.7. The molecule has 0 amide bonds. The van der Waals surface area contributed by atoms with Gasteiger partial charge in [-0.15, -0.1) is 0 Å². The van der Waals surface area contributed by atoms with Crippen molar-refractivity contribution in [2.24, 2.45) is 46.3 Å². The van der Waals surface area contributed by atoms with Crippen LogP contribution in [0.1, 0.15) is 85.0 Å². The molecule has 0 aromatic rings. The first-order chi connectivity index (χ1) is 14.3. The molecule has 2 aliphatic heterocycles. The van der Waals surface area contributed by atoms with Gasteiger partial charge in [-0.3, -0.25) is 0 Å². The minimum Gasteiger partial charge on any atom is -0.393 e. The maximum absolute atomic E-state index is 11.7. The van der Waals surface area contributed by atoms with Crippen molar-refractivity contribution in [3.63, 3.8) is 0 Å². The summed E-state index contributed by atoms with van der Waals surface area (Å²) in [5.41, 5.74) is 0.532. The third kappa shape index (κ3) is 2.66. The van der Waals surface area contributed by atoms with Gasteiger partial charge < -0.3 is 19.7 Å². The number of fused-ring (bicyclic) bond motifs is 7. The van der Waals surface area contributed by atoms with Crippen molar-refractivity contribution in [1.29, 1.82) is 0 Å². The predicted octanol–water partition coefficient (Wildman–Crippen LogP) is 4.52. The third-order valence-electron chi connectivity index (χ3n) is 11.4. The molecule has 4 saturated carbocycles. The SMILES string of the molecule is CC1CCC2(CC3C(O2)C(O)C2C4CCC5CC(O)CCC5(C)C4CCC32C)OC1. The lowest BCUT2D eigenvalue weighted by Gasteiger charge is -2.61. The number of rotatable bonds is 0. The van der Waals surface area contributed by atoms with Gasteiger partial charge in [-0.25, -0.2) is 0 Å². The molecule has 0 radical (unpaired) electrons. The number of aliphatic hydroxyl groups excluding tert-OH is 2. The number of ether oxygens (including phenoxy) is 2. The molecular weight excluding hydrogens is 376 g/mol. The zero-order valence-electron chi connectivity index (χ0n) is 19.2. The van der Waals surface area contributed by atoms with Gasteiger partial charge in [0.25, 0.3) is 0 Å². The molecule has 0 aromatic heterocycles. The molecule has 6 fully saturated rings. The Labute approximate surface area is 182 Å². The minimum absolute atomic E-state index is 0.0362. The van der Waals surface area contributed by atoms with E-state index in [1.54, 1.807) is 0 Å². The first-order valence-corrected chi connectivity index (χ1v) is 12.9. The highest BCUT2D eigenvalue weighted by Gasteiger charge is 2.70. The lowest BCUT2D eigenvalue weighted by atomic mass is 9.44. The Morgan fingerprint density at radius 2 is 1.67 bits per heavy atom. The van der Waals surface area contributed by atoms with Crippen LogP contribution in [0.15, 0.2) is 0 Å². The summed E-state index contributed by atoms with van der Waals surface area (Å²) >= 11 is 0. The van der Waals surface area contributed by atoms with E-state index in [1.165, 1.54) is 32.1 Å². The van der Waals surface area contributed by atoms with Crippen molar-refractivity contribution < 1.29 is 19.7 Å². The molecule has 6 rings (SSSR count). The standard InChI is InChI=1S/C26H42O4/c1-15-6-11-26(29-14-15)13-20-23(30-26)22(28)21-18-5-4-16-12-17(27)7-9-24(16,2)19(18)8-10-25(20,21)3/h15-23,27-28H,4-14H2,1-3H3. The first-order valence-electron chi connectivity index (χ1n) is 12.9. The van der Waals surface area contributed by atoms with Gasteiger partial charge in [-0.2, -0.15) is 0 Å². The fourth-order valence-corrected chi connectivity index (χ4v) is 9.71. The highest BCUT2D eigenvalue weighted by Crippen LogP contribution is 2.70. The summed E-state index contributed by atoms with van der Waals surface area (Å²) < 4.78 is 12.9. The lowest BCUT2D eigenvalue weighted by molar-refractivity contribution is -0.267. The Kier molecular flexibility index (Phi) is 4.55. The van der Waals surface area contributed by atoms with Gasteiger partial charge in [-0.1, -0.05) is 20.8 Å². The maximum Gasteiger partial charge on any atom is 0.169 e. The summed E-state index contributed by atoms with van der Waals surface area (Å²) in [5, 5.41) is 21.9. The molecule has 0 aromatic carbocycles. The molecule has 30 heavy (non-hydrogen) atoms.